The van der Waals surface area contributed by atoms with E-state index in [1.54, 1.807) is 0 Å². The van der Waals surface area contributed by atoms with Gasteiger partial charge in [-0.25, -0.2) is 0 Å². The van der Waals surface area contributed by atoms with Gasteiger partial charge in [-0.15, -0.1) is 0 Å². The summed E-state index contributed by atoms with van der Waals surface area (Å²) in [5.41, 5.74) is 5.40. The average molecular weight is 199 g/mol. The minimum atomic E-state index is 0.364. The molecular weight excluding hydrogens is 186 g/mol. The molecule has 1 saturated heterocycles. The van der Waals surface area contributed by atoms with Gasteiger partial charge in [0.1, 0.15) is 0 Å². The van der Waals surface area contributed by atoms with E-state index in [0.717, 1.165) is 11.6 Å². The van der Waals surface area contributed by atoms with Crippen LogP contribution in [0.15, 0.2) is 4.52 Å². The summed E-state index contributed by atoms with van der Waals surface area (Å²) in [4.78, 5) is 4.24. The maximum atomic E-state index is 5.40. The first kappa shape index (κ1) is 9.02. The van der Waals surface area contributed by atoms with E-state index in [9.17, 15) is 0 Å². The summed E-state index contributed by atoms with van der Waals surface area (Å²) in [6.07, 6.45) is 2.41. The fraction of sp³-hybridized carbons (Fsp3) is 0.750. The van der Waals surface area contributed by atoms with Gasteiger partial charge in [0, 0.05) is 11.7 Å². The molecule has 0 saturated carbocycles. The smallest absolute Gasteiger partial charge is 0.230 e. The lowest BCUT2D eigenvalue weighted by molar-refractivity contribution is 0.349. The highest BCUT2D eigenvalue weighted by atomic mass is 32.2. The van der Waals surface area contributed by atoms with E-state index in [4.69, 9.17) is 10.3 Å². The first-order chi connectivity index (χ1) is 6.40. The van der Waals surface area contributed by atoms with Crippen LogP contribution in [-0.2, 0) is 6.54 Å². The minimum absolute atomic E-state index is 0.364. The number of thioether (sulfide) groups is 1. The van der Waals surface area contributed by atoms with Crippen molar-refractivity contribution in [3.8, 4) is 0 Å². The summed E-state index contributed by atoms with van der Waals surface area (Å²) in [7, 11) is 0. The van der Waals surface area contributed by atoms with E-state index in [-0.39, 0.29) is 0 Å². The van der Waals surface area contributed by atoms with Crippen molar-refractivity contribution in [1.29, 1.82) is 0 Å². The first-order valence-corrected chi connectivity index (χ1v) is 5.66. The molecule has 13 heavy (non-hydrogen) atoms. The van der Waals surface area contributed by atoms with E-state index in [1.807, 2.05) is 11.8 Å². The van der Waals surface area contributed by atoms with E-state index in [1.165, 1.54) is 18.6 Å². The summed E-state index contributed by atoms with van der Waals surface area (Å²) in [6, 6.07) is 0. The van der Waals surface area contributed by atoms with Gasteiger partial charge in [-0.05, 0) is 18.6 Å². The predicted octanol–water partition coefficient (Wildman–Crippen LogP) is 1.14. The molecule has 0 spiro atoms. The van der Waals surface area contributed by atoms with Crippen molar-refractivity contribution in [2.45, 2.75) is 25.3 Å². The Kier molecular flexibility index (Phi) is 2.85. The molecule has 1 aliphatic heterocycles. The number of nitrogens with zero attached hydrogens (tertiary/aromatic N) is 2. The van der Waals surface area contributed by atoms with Crippen molar-refractivity contribution < 1.29 is 4.52 Å². The molecule has 4 nitrogen and oxygen atoms in total. The van der Waals surface area contributed by atoms with Gasteiger partial charge < -0.3 is 10.3 Å². The lowest BCUT2D eigenvalue weighted by Gasteiger charge is -2.16. The average Bonchev–Trinajstić information content (AvgIpc) is 2.67. The molecule has 2 N–H and O–H groups in total. The van der Waals surface area contributed by atoms with Crippen LogP contribution in [0.4, 0.5) is 0 Å². The Morgan fingerprint density at radius 2 is 2.54 bits per heavy atom. The Labute approximate surface area is 81.3 Å². The fourth-order valence-electron chi connectivity index (χ4n) is 1.45. The number of rotatable bonds is 2. The molecule has 72 valence electrons. The number of hydrogen-bond donors (Lipinski definition) is 1. The molecule has 0 aliphatic carbocycles. The molecule has 1 unspecified atom stereocenters. The zero-order valence-corrected chi connectivity index (χ0v) is 8.22. The van der Waals surface area contributed by atoms with Crippen molar-refractivity contribution in [1.82, 2.24) is 10.1 Å². The maximum absolute atomic E-state index is 5.40. The van der Waals surface area contributed by atoms with Crippen molar-refractivity contribution in [2.24, 2.45) is 5.73 Å². The first-order valence-electron chi connectivity index (χ1n) is 4.50. The van der Waals surface area contributed by atoms with Crippen molar-refractivity contribution in [3.63, 3.8) is 0 Å². The molecular formula is C8H13N3OS. The second kappa shape index (κ2) is 4.11. The van der Waals surface area contributed by atoms with Gasteiger partial charge in [-0.3, -0.25) is 0 Å². The largest absolute Gasteiger partial charge is 0.339 e. The SMILES string of the molecule is NCc1noc(C2CCCSC2)n1. The van der Waals surface area contributed by atoms with Crippen LogP contribution >= 0.6 is 11.8 Å². The Morgan fingerprint density at radius 1 is 1.62 bits per heavy atom. The van der Waals surface area contributed by atoms with Crippen LogP contribution in [0.5, 0.6) is 0 Å². The van der Waals surface area contributed by atoms with Crippen LogP contribution in [0.3, 0.4) is 0 Å². The van der Waals surface area contributed by atoms with Gasteiger partial charge in [0.25, 0.3) is 0 Å². The van der Waals surface area contributed by atoms with Crippen LogP contribution in [0.25, 0.3) is 0 Å². The second-order valence-corrected chi connectivity index (χ2v) is 4.32. The lowest BCUT2D eigenvalue weighted by atomic mass is 10.1. The monoisotopic (exact) mass is 199 g/mol. The normalized spacial score (nSPS) is 23.3. The molecule has 0 aromatic carbocycles. The van der Waals surface area contributed by atoms with Crippen molar-refractivity contribution >= 4 is 11.8 Å². The molecule has 2 heterocycles. The quantitative estimate of drug-likeness (QED) is 0.773. The third kappa shape index (κ3) is 2.03. The minimum Gasteiger partial charge on any atom is -0.339 e. The molecule has 1 aromatic heterocycles. The summed E-state index contributed by atoms with van der Waals surface area (Å²) >= 11 is 1.96. The van der Waals surface area contributed by atoms with Gasteiger partial charge in [-0.2, -0.15) is 16.7 Å². The molecule has 1 fully saturated rings. The van der Waals surface area contributed by atoms with E-state index in [0.29, 0.717) is 18.3 Å². The number of nitrogens with two attached hydrogens (primary N) is 1. The highest BCUT2D eigenvalue weighted by molar-refractivity contribution is 7.99. The Hall–Kier alpha value is -0.550. The zero-order valence-electron chi connectivity index (χ0n) is 7.40. The molecule has 0 radical (unpaired) electrons. The van der Waals surface area contributed by atoms with Gasteiger partial charge in [0.05, 0.1) is 6.54 Å². The Bertz CT molecular complexity index is 270. The molecule has 0 amide bonds. The summed E-state index contributed by atoms with van der Waals surface area (Å²) in [6.45, 7) is 0.364. The highest BCUT2D eigenvalue weighted by Gasteiger charge is 2.21. The highest BCUT2D eigenvalue weighted by Crippen LogP contribution is 2.29. The molecule has 1 aliphatic rings. The van der Waals surface area contributed by atoms with Crippen LogP contribution in [0, 0.1) is 0 Å². The van der Waals surface area contributed by atoms with Gasteiger partial charge in [0.2, 0.25) is 5.89 Å². The maximum Gasteiger partial charge on any atom is 0.230 e. The molecule has 5 heteroatoms. The molecule has 2 rings (SSSR count). The summed E-state index contributed by atoms with van der Waals surface area (Å²) in [5, 5.41) is 3.79. The van der Waals surface area contributed by atoms with E-state index in [2.05, 4.69) is 10.1 Å². The third-order valence-corrected chi connectivity index (χ3v) is 3.39. The van der Waals surface area contributed by atoms with E-state index >= 15 is 0 Å². The second-order valence-electron chi connectivity index (χ2n) is 3.17. The van der Waals surface area contributed by atoms with Crippen molar-refractivity contribution in [2.75, 3.05) is 11.5 Å². The lowest BCUT2D eigenvalue weighted by Crippen LogP contribution is -2.09. The fourth-order valence-corrected chi connectivity index (χ4v) is 2.58. The van der Waals surface area contributed by atoms with Crippen LogP contribution in [0.2, 0.25) is 0 Å². The van der Waals surface area contributed by atoms with E-state index < -0.39 is 0 Å². The number of hydrogen-bond acceptors (Lipinski definition) is 5. The van der Waals surface area contributed by atoms with Gasteiger partial charge >= 0.3 is 0 Å². The standard InChI is InChI=1S/C8H13N3OS/c9-4-7-10-8(12-11-7)6-2-1-3-13-5-6/h6H,1-5,9H2. The van der Waals surface area contributed by atoms with Crippen LogP contribution in [0.1, 0.15) is 30.5 Å². The third-order valence-electron chi connectivity index (χ3n) is 2.18. The summed E-state index contributed by atoms with van der Waals surface area (Å²) < 4.78 is 5.14. The summed E-state index contributed by atoms with van der Waals surface area (Å²) in [5.74, 6) is 4.20. The zero-order chi connectivity index (χ0) is 9.10. The van der Waals surface area contributed by atoms with Gasteiger partial charge in [0.15, 0.2) is 5.82 Å². The Morgan fingerprint density at radius 3 is 3.15 bits per heavy atom. The van der Waals surface area contributed by atoms with Crippen molar-refractivity contribution in [3.05, 3.63) is 11.7 Å². The van der Waals surface area contributed by atoms with Crippen LogP contribution in [-0.4, -0.2) is 21.6 Å². The van der Waals surface area contributed by atoms with Gasteiger partial charge in [-0.1, -0.05) is 5.16 Å². The molecule has 1 atom stereocenters. The topological polar surface area (TPSA) is 64.9 Å². The molecule has 0 bridgehead atoms. The predicted molar refractivity (Wildman–Crippen MR) is 51.5 cm³/mol. The Balaban J connectivity index is 2.05. The van der Waals surface area contributed by atoms with Crippen LogP contribution < -0.4 is 5.73 Å². The molecule has 1 aromatic rings. The number of aromatic nitrogens is 2.